The van der Waals surface area contributed by atoms with Crippen molar-refractivity contribution in [1.82, 2.24) is 19.9 Å². The van der Waals surface area contributed by atoms with Crippen LogP contribution in [0.15, 0.2) is 17.0 Å². The Morgan fingerprint density at radius 3 is 2.82 bits per heavy atom. The Morgan fingerprint density at radius 2 is 2.18 bits per heavy atom. The van der Waals surface area contributed by atoms with E-state index in [1.54, 1.807) is 17.4 Å². The summed E-state index contributed by atoms with van der Waals surface area (Å²) in [5, 5.41) is 2.54. The van der Waals surface area contributed by atoms with Crippen LogP contribution >= 0.6 is 22.9 Å². The molecule has 0 N–H and O–H groups in total. The predicted octanol–water partition coefficient (Wildman–Crippen LogP) is 2.53. The molecule has 0 saturated heterocycles. The van der Waals surface area contributed by atoms with Crippen LogP contribution in [0.1, 0.15) is 17.2 Å². The summed E-state index contributed by atoms with van der Waals surface area (Å²) >= 11 is 7.50. The molecule has 0 aromatic carbocycles. The highest BCUT2D eigenvalue weighted by molar-refractivity contribution is 7.07. The third kappa shape index (κ3) is 3.73. The monoisotopic (exact) mass is 268 g/mol. The SMILES string of the molecule is Cc1cc(Cl)nc(CN(C)Cc2cscn2)n1. The number of hydrogen-bond donors (Lipinski definition) is 0. The summed E-state index contributed by atoms with van der Waals surface area (Å²) in [5.74, 6) is 0.743. The summed E-state index contributed by atoms with van der Waals surface area (Å²) in [6.07, 6.45) is 0. The first-order valence-corrected chi connectivity index (χ1v) is 6.51. The van der Waals surface area contributed by atoms with Crippen LogP contribution in [0.2, 0.25) is 5.15 Å². The van der Waals surface area contributed by atoms with E-state index in [-0.39, 0.29) is 0 Å². The molecule has 4 nitrogen and oxygen atoms in total. The van der Waals surface area contributed by atoms with Crippen molar-refractivity contribution in [2.24, 2.45) is 0 Å². The minimum Gasteiger partial charge on any atom is -0.293 e. The quantitative estimate of drug-likeness (QED) is 0.799. The van der Waals surface area contributed by atoms with Gasteiger partial charge in [-0.3, -0.25) is 4.90 Å². The minimum atomic E-state index is 0.495. The standard InChI is InChI=1S/C11H13ClN4S/c1-8-3-10(12)15-11(14-8)5-16(2)4-9-6-17-7-13-9/h3,6-7H,4-5H2,1-2H3. The molecule has 0 aliphatic heterocycles. The van der Waals surface area contributed by atoms with Gasteiger partial charge < -0.3 is 0 Å². The molecule has 0 bridgehead atoms. The smallest absolute Gasteiger partial charge is 0.144 e. The first-order chi connectivity index (χ1) is 8.13. The maximum absolute atomic E-state index is 5.90. The fourth-order valence-corrected chi connectivity index (χ4v) is 2.35. The number of hydrogen-bond acceptors (Lipinski definition) is 5. The average molecular weight is 269 g/mol. The third-order valence-corrected chi connectivity index (χ3v) is 3.02. The van der Waals surface area contributed by atoms with Gasteiger partial charge in [0.05, 0.1) is 17.7 Å². The van der Waals surface area contributed by atoms with Crippen LogP contribution in [0.5, 0.6) is 0 Å². The molecule has 2 rings (SSSR count). The Hall–Kier alpha value is -1.04. The molecule has 0 radical (unpaired) electrons. The lowest BCUT2D eigenvalue weighted by Crippen LogP contribution is -2.19. The van der Waals surface area contributed by atoms with Crippen molar-refractivity contribution in [3.05, 3.63) is 39.3 Å². The van der Waals surface area contributed by atoms with Crippen LogP contribution < -0.4 is 0 Å². The number of aryl methyl sites for hydroxylation is 1. The minimum absolute atomic E-state index is 0.495. The molecular formula is C11H13ClN4S. The summed E-state index contributed by atoms with van der Waals surface area (Å²) in [5.41, 5.74) is 3.79. The summed E-state index contributed by atoms with van der Waals surface area (Å²) in [6, 6.07) is 1.76. The van der Waals surface area contributed by atoms with Crippen LogP contribution in [-0.4, -0.2) is 26.9 Å². The molecular weight excluding hydrogens is 256 g/mol. The lowest BCUT2D eigenvalue weighted by molar-refractivity contribution is 0.307. The number of aromatic nitrogens is 3. The third-order valence-electron chi connectivity index (χ3n) is 2.20. The van der Waals surface area contributed by atoms with E-state index in [1.165, 1.54) is 0 Å². The molecule has 0 fully saturated rings. The highest BCUT2D eigenvalue weighted by Gasteiger charge is 2.06. The maximum atomic E-state index is 5.90. The van der Waals surface area contributed by atoms with E-state index in [2.05, 4.69) is 19.9 Å². The Morgan fingerprint density at radius 1 is 1.35 bits per heavy atom. The van der Waals surface area contributed by atoms with Gasteiger partial charge in [0.25, 0.3) is 0 Å². The summed E-state index contributed by atoms with van der Waals surface area (Å²) in [7, 11) is 2.01. The van der Waals surface area contributed by atoms with Crippen LogP contribution in [0.4, 0.5) is 0 Å². The molecule has 0 unspecified atom stereocenters. The zero-order valence-electron chi connectivity index (χ0n) is 9.72. The van der Waals surface area contributed by atoms with E-state index in [0.29, 0.717) is 11.7 Å². The Balaban J connectivity index is 2.00. The second-order valence-corrected chi connectivity index (χ2v) is 5.01. The highest BCUT2D eigenvalue weighted by atomic mass is 35.5. The first kappa shape index (κ1) is 12.4. The van der Waals surface area contributed by atoms with Gasteiger partial charge in [-0.2, -0.15) is 0 Å². The Bertz CT molecular complexity index is 466. The van der Waals surface area contributed by atoms with E-state index in [1.807, 2.05) is 24.9 Å². The lowest BCUT2D eigenvalue weighted by Gasteiger charge is -2.14. The number of rotatable bonds is 4. The van der Waals surface area contributed by atoms with Gasteiger partial charge >= 0.3 is 0 Å². The van der Waals surface area contributed by atoms with Gasteiger partial charge in [-0.05, 0) is 20.0 Å². The highest BCUT2D eigenvalue weighted by Crippen LogP contribution is 2.09. The van der Waals surface area contributed by atoms with Gasteiger partial charge in [0.1, 0.15) is 11.0 Å². The first-order valence-electron chi connectivity index (χ1n) is 5.19. The van der Waals surface area contributed by atoms with Crippen molar-refractivity contribution in [3.8, 4) is 0 Å². The zero-order valence-corrected chi connectivity index (χ0v) is 11.3. The second-order valence-electron chi connectivity index (χ2n) is 3.90. The molecule has 90 valence electrons. The summed E-state index contributed by atoms with van der Waals surface area (Å²) < 4.78 is 0. The molecule has 0 spiro atoms. The summed E-state index contributed by atoms with van der Waals surface area (Å²) in [4.78, 5) is 14.9. The zero-order chi connectivity index (χ0) is 12.3. The van der Waals surface area contributed by atoms with Crippen LogP contribution in [0, 0.1) is 6.92 Å². The number of nitrogens with zero attached hydrogens (tertiary/aromatic N) is 4. The Labute approximate surface area is 109 Å². The molecule has 0 atom stereocenters. The predicted molar refractivity (Wildman–Crippen MR) is 69.1 cm³/mol. The van der Waals surface area contributed by atoms with Crippen molar-refractivity contribution in [2.75, 3.05) is 7.05 Å². The Kier molecular flexibility index (Phi) is 4.04. The normalized spacial score (nSPS) is 11.1. The van der Waals surface area contributed by atoms with E-state index < -0.39 is 0 Å². The van der Waals surface area contributed by atoms with Gasteiger partial charge in [-0.25, -0.2) is 15.0 Å². The topological polar surface area (TPSA) is 41.9 Å². The van der Waals surface area contributed by atoms with E-state index >= 15 is 0 Å². The largest absolute Gasteiger partial charge is 0.293 e. The van der Waals surface area contributed by atoms with Crippen molar-refractivity contribution >= 4 is 22.9 Å². The molecule has 2 aromatic heterocycles. The average Bonchev–Trinajstić information content (AvgIpc) is 2.67. The fourth-order valence-electron chi connectivity index (χ4n) is 1.55. The molecule has 6 heteroatoms. The molecule has 2 aromatic rings. The molecule has 0 saturated carbocycles. The lowest BCUT2D eigenvalue weighted by atomic mass is 10.4. The van der Waals surface area contributed by atoms with E-state index in [4.69, 9.17) is 11.6 Å². The molecule has 0 amide bonds. The van der Waals surface area contributed by atoms with Crippen LogP contribution in [-0.2, 0) is 13.1 Å². The molecule has 0 aliphatic rings. The van der Waals surface area contributed by atoms with Crippen LogP contribution in [0.3, 0.4) is 0 Å². The van der Waals surface area contributed by atoms with Crippen molar-refractivity contribution in [3.63, 3.8) is 0 Å². The molecule has 2 heterocycles. The number of thiazole rings is 1. The van der Waals surface area contributed by atoms with Crippen molar-refractivity contribution in [2.45, 2.75) is 20.0 Å². The van der Waals surface area contributed by atoms with E-state index in [9.17, 15) is 0 Å². The second kappa shape index (κ2) is 5.53. The van der Waals surface area contributed by atoms with Gasteiger partial charge in [-0.15, -0.1) is 11.3 Å². The van der Waals surface area contributed by atoms with Crippen molar-refractivity contribution < 1.29 is 0 Å². The van der Waals surface area contributed by atoms with Gasteiger partial charge in [0.2, 0.25) is 0 Å². The van der Waals surface area contributed by atoms with Gasteiger partial charge in [-0.1, -0.05) is 11.6 Å². The van der Waals surface area contributed by atoms with Gasteiger partial charge in [0.15, 0.2) is 0 Å². The van der Waals surface area contributed by atoms with Gasteiger partial charge in [0, 0.05) is 17.6 Å². The summed E-state index contributed by atoms with van der Waals surface area (Å²) in [6.45, 7) is 3.37. The van der Waals surface area contributed by atoms with Crippen molar-refractivity contribution in [1.29, 1.82) is 0 Å². The fraction of sp³-hybridized carbons (Fsp3) is 0.364. The maximum Gasteiger partial charge on any atom is 0.144 e. The molecule has 0 aliphatic carbocycles. The molecule has 17 heavy (non-hydrogen) atoms. The number of halogens is 1. The van der Waals surface area contributed by atoms with Crippen LogP contribution in [0.25, 0.3) is 0 Å². The van der Waals surface area contributed by atoms with E-state index in [0.717, 1.165) is 23.8 Å².